The van der Waals surface area contributed by atoms with Crippen molar-refractivity contribution >= 4 is 5.95 Å². The van der Waals surface area contributed by atoms with Crippen molar-refractivity contribution in [2.24, 2.45) is 5.41 Å². The van der Waals surface area contributed by atoms with E-state index in [0.29, 0.717) is 12.5 Å². The number of nitrogens with zero attached hydrogens (tertiary/aromatic N) is 3. The van der Waals surface area contributed by atoms with Crippen LogP contribution in [0.5, 0.6) is 12.0 Å². The van der Waals surface area contributed by atoms with Gasteiger partial charge >= 0.3 is 12.0 Å². The Morgan fingerprint density at radius 2 is 1.58 bits per heavy atom. The van der Waals surface area contributed by atoms with E-state index < -0.39 is 0 Å². The molecule has 1 N–H and O–H groups in total. The van der Waals surface area contributed by atoms with Crippen molar-refractivity contribution in [1.29, 1.82) is 0 Å². The molecule has 0 bridgehead atoms. The standard InChI is InChI=1S/C12H22N4O3/c1-12(2,6-7-17-3)8-13-9-14-10(18-4)16-11(15-9)19-5/h6-8H2,1-5H3,(H,13,14,15,16). The summed E-state index contributed by atoms with van der Waals surface area (Å²) < 4.78 is 15.1. The van der Waals surface area contributed by atoms with Gasteiger partial charge < -0.3 is 19.5 Å². The highest BCUT2D eigenvalue weighted by Gasteiger charge is 2.18. The molecule has 0 aromatic carbocycles. The molecule has 0 radical (unpaired) electrons. The van der Waals surface area contributed by atoms with Gasteiger partial charge in [0, 0.05) is 20.3 Å². The second-order valence-corrected chi connectivity index (χ2v) is 4.89. The van der Waals surface area contributed by atoms with Crippen LogP contribution in [0.1, 0.15) is 20.3 Å². The molecule has 0 amide bonds. The molecule has 0 aliphatic carbocycles. The average Bonchev–Trinajstić information content (AvgIpc) is 2.42. The maximum absolute atomic E-state index is 5.09. The van der Waals surface area contributed by atoms with Gasteiger partial charge in [0.05, 0.1) is 14.2 Å². The molecule has 0 fully saturated rings. The van der Waals surface area contributed by atoms with Crippen LogP contribution in [0.3, 0.4) is 0 Å². The van der Waals surface area contributed by atoms with Gasteiger partial charge in [-0.05, 0) is 11.8 Å². The molecule has 1 rings (SSSR count). The predicted molar refractivity (Wildman–Crippen MR) is 71.7 cm³/mol. The second-order valence-electron chi connectivity index (χ2n) is 4.89. The summed E-state index contributed by atoms with van der Waals surface area (Å²) >= 11 is 0. The highest BCUT2D eigenvalue weighted by atomic mass is 16.5. The largest absolute Gasteiger partial charge is 0.467 e. The lowest BCUT2D eigenvalue weighted by Crippen LogP contribution is -2.25. The molecule has 1 aromatic heterocycles. The molecule has 1 aromatic rings. The van der Waals surface area contributed by atoms with Crippen LogP contribution in [0.4, 0.5) is 5.95 Å². The molecular weight excluding hydrogens is 248 g/mol. The van der Waals surface area contributed by atoms with Crippen LogP contribution in [0.15, 0.2) is 0 Å². The zero-order valence-corrected chi connectivity index (χ0v) is 12.2. The number of rotatable bonds is 8. The average molecular weight is 270 g/mol. The molecule has 7 heteroatoms. The fourth-order valence-electron chi connectivity index (χ4n) is 1.38. The van der Waals surface area contributed by atoms with Gasteiger partial charge in [0.2, 0.25) is 5.95 Å². The van der Waals surface area contributed by atoms with Gasteiger partial charge in [0.1, 0.15) is 0 Å². The van der Waals surface area contributed by atoms with Gasteiger partial charge in [0.15, 0.2) is 0 Å². The molecule has 7 nitrogen and oxygen atoms in total. The third-order valence-corrected chi connectivity index (χ3v) is 2.67. The van der Waals surface area contributed by atoms with Crippen LogP contribution in [-0.2, 0) is 4.74 Å². The van der Waals surface area contributed by atoms with E-state index in [9.17, 15) is 0 Å². The van der Waals surface area contributed by atoms with E-state index in [1.54, 1.807) is 7.11 Å². The van der Waals surface area contributed by atoms with E-state index in [4.69, 9.17) is 14.2 Å². The Morgan fingerprint density at radius 3 is 2.05 bits per heavy atom. The number of aromatic nitrogens is 3. The van der Waals surface area contributed by atoms with E-state index >= 15 is 0 Å². The number of ether oxygens (including phenoxy) is 3. The van der Waals surface area contributed by atoms with Crippen molar-refractivity contribution in [2.45, 2.75) is 20.3 Å². The molecular formula is C12H22N4O3. The summed E-state index contributed by atoms with van der Waals surface area (Å²) in [6.07, 6.45) is 0.940. The smallest absolute Gasteiger partial charge is 0.324 e. The summed E-state index contributed by atoms with van der Waals surface area (Å²) in [6.45, 7) is 5.73. The highest BCUT2D eigenvalue weighted by Crippen LogP contribution is 2.21. The SMILES string of the molecule is COCCC(C)(C)CNc1nc(OC)nc(OC)n1. The molecule has 0 aliphatic rings. The molecule has 1 heterocycles. The van der Waals surface area contributed by atoms with Crippen LogP contribution in [0, 0.1) is 5.41 Å². The topological polar surface area (TPSA) is 78.4 Å². The maximum Gasteiger partial charge on any atom is 0.324 e. The van der Waals surface area contributed by atoms with Crippen LogP contribution < -0.4 is 14.8 Å². The Hall–Kier alpha value is -1.63. The summed E-state index contributed by atoms with van der Waals surface area (Å²) in [4.78, 5) is 12.2. The van der Waals surface area contributed by atoms with Gasteiger partial charge in [0.25, 0.3) is 0 Å². The molecule has 0 atom stereocenters. The number of methoxy groups -OCH3 is 3. The zero-order valence-electron chi connectivity index (χ0n) is 12.2. The molecule has 0 saturated carbocycles. The molecule has 19 heavy (non-hydrogen) atoms. The lowest BCUT2D eigenvalue weighted by atomic mass is 9.90. The quantitative estimate of drug-likeness (QED) is 0.764. The minimum Gasteiger partial charge on any atom is -0.467 e. The Bertz CT molecular complexity index is 376. The molecule has 0 saturated heterocycles. The third-order valence-electron chi connectivity index (χ3n) is 2.67. The first kappa shape index (κ1) is 15.4. The normalized spacial score (nSPS) is 11.2. The minimum atomic E-state index is 0.0725. The van der Waals surface area contributed by atoms with Gasteiger partial charge in [-0.15, -0.1) is 4.98 Å². The van der Waals surface area contributed by atoms with Crippen molar-refractivity contribution in [2.75, 3.05) is 39.8 Å². The fraction of sp³-hybridized carbons (Fsp3) is 0.750. The summed E-state index contributed by atoms with van der Waals surface area (Å²) in [6, 6.07) is 0.452. The highest BCUT2D eigenvalue weighted by molar-refractivity contribution is 5.27. The van der Waals surface area contributed by atoms with Crippen molar-refractivity contribution in [1.82, 2.24) is 15.0 Å². The van der Waals surface area contributed by atoms with Crippen LogP contribution in [-0.4, -0.2) is 49.4 Å². The maximum atomic E-state index is 5.09. The monoisotopic (exact) mass is 270 g/mol. The van der Waals surface area contributed by atoms with Crippen molar-refractivity contribution in [3.05, 3.63) is 0 Å². The first-order chi connectivity index (χ1) is 9.00. The summed E-state index contributed by atoms with van der Waals surface area (Å²) in [5.41, 5.74) is 0.0725. The first-order valence-electron chi connectivity index (χ1n) is 6.07. The van der Waals surface area contributed by atoms with E-state index in [1.165, 1.54) is 14.2 Å². The van der Waals surface area contributed by atoms with Crippen LogP contribution in [0.25, 0.3) is 0 Å². The number of anilines is 1. The lowest BCUT2D eigenvalue weighted by molar-refractivity contribution is 0.157. The Kier molecular flexibility index (Phi) is 5.75. The van der Waals surface area contributed by atoms with Gasteiger partial charge in [-0.1, -0.05) is 13.8 Å². The van der Waals surface area contributed by atoms with Crippen molar-refractivity contribution < 1.29 is 14.2 Å². The fourth-order valence-corrected chi connectivity index (χ4v) is 1.38. The summed E-state index contributed by atoms with van der Waals surface area (Å²) in [5, 5.41) is 3.17. The molecule has 108 valence electrons. The van der Waals surface area contributed by atoms with E-state index in [2.05, 4.69) is 34.1 Å². The van der Waals surface area contributed by atoms with Gasteiger partial charge in [-0.25, -0.2) is 0 Å². The Morgan fingerprint density at radius 1 is 1.00 bits per heavy atom. The van der Waals surface area contributed by atoms with Crippen LogP contribution in [0.2, 0.25) is 0 Å². The zero-order chi connectivity index (χ0) is 14.3. The second kappa shape index (κ2) is 7.08. The number of nitrogens with one attached hydrogen (secondary N) is 1. The molecule has 0 spiro atoms. The lowest BCUT2D eigenvalue weighted by Gasteiger charge is -2.24. The molecule has 0 aliphatic heterocycles. The van der Waals surface area contributed by atoms with Crippen molar-refractivity contribution in [3.63, 3.8) is 0 Å². The molecule has 0 unspecified atom stereocenters. The minimum absolute atomic E-state index is 0.0725. The number of hydrogen-bond donors (Lipinski definition) is 1. The van der Waals surface area contributed by atoms with Crippen molar-refractivity contribution in [3.8, 4) is 12.0 Å². The van der Waals surface area contributed by atoms with Crippen LogP contribution >= 0.6 is 0 Å². The van der Waals surface area contributed by atoms with E-state index in [-0.39, 0.29) is 17.4 Å². The first-order valence-corrected chi connectivity index (χ1v) is 6.07. The third kappa shape index (κ3) is 5.25. The number of hydrogen-bond acceptors (Lipinski definition) is 7. The predicted octanol–water partition coefficient (Wildman–Crippen LogP) is 1.36. The van der Waals surface area contributed by atoms with Gasteiger partial charge in [-0.2, -0.15) is 9.97 Å². The Balaban J connectivity index is 2.66. The van der Waals surface area contributed by atoms with Gasteiger partial charge in [-0.3, -0.25) is 0 Å². The van der Waals surface area contributed by atoms with E-state index in [0.717, 1.165) is 13.0 Å². The summed E-state index contributed by atoms with van der Waals surface area (Å²) in [7, 11) is 4.70. The van der Waals surface area contributed by atoms with E-state index in [1.807, 2.05) is 0 Å². The summed E-state index contributed by atoms with van der Waals surface area (Å²) in [5.74, 6) is 0.439. The Labute approximate surface area is 113 Å².